The topological polar surface area (TPSA) is 99.3 Å². The van der Waals surface area contributed by atoms with Crippen molar-refractivity contribution in [3.05, 3.63) is 65.1 Å². The maximum Gasteiger partial charge on any atom is 0.393 e. The first-order valence-corrected chi connectivity index (χ1v) is 16.1. The number of benzene rings is 2. The Morgan fingerprint density at radius 2 is 1.85 bits per heavy atom. The first-order chi connectivity index (χ1) is 22.3. The van der Waals surface area contributed by atoms with Gasteiger partial charge in [0.1, 0.15) is 29.5 Å². The largest absolute Gasteiger partial charge is 0.393 e. The molecule has 1 spiro atoms. The summed E-state index contributed by atoms with van der Waals surface area (Å²) >= 11 is 0. The molecular formula is C35H38F3N7O2. The molecule has 0 aliphatic carbocycles. The van der Waals surface area contributed by atoms with Gasteiger partial charge < -0.3 is 19.5 Å². The molecule has 1 atom stereocenters. The van der Waals surface area contributed by atoms with Crippen molar-refractivity contribution < 1.29 is 22.7 Å². The van der Waals surface area contributed by atoms with Crippen LogP contribution < -0.4 is 10.2 Å². The smallest absolute Gasteiger partial charge is 0.359 e. The summed E-state index contributed by atoms with van der Waals surface area (Å²) < 4.78 is 47.2. The standard InChI is InChI=1S/C35H38F3N7O2/c1-22-24(5-7-30-27(22)13-25(15-39)45(30)18-26-16-40-32(46)33(2,3)47-26)17-43-10-8-34(9-11-43)19-44(20-34)31-28-12-23(14-35(36,37)38)4-6-29(28)41-21-42-31/h4-7,12-13,21,26H,8-11,14,16-20H2,1-3H3,(H,40,46). The van der Waals surface area contributed by atoms with Gasteiger partial charge in [-0.15, -0.1) is 0 Å². The first kappa shape index (κ1) is 31.4. The number of carbonyl (C=O) groups is 1. The Morgan fingerprint density at radius 3 is 2.55 bits per heavy atom. The zero-order valence-corrected chi connectivity index (χ0v) is 26.8. The van der Waals surface area contributed by atoms with Crippen molar-refractivity contribution in [2.24, 2.45) is 5.41 Å². The molecule has 0 saturated carbocycles. The normalized spacial score (nSPS) is 21.2. The van der Waals surface area contributed by atoms with E-state index < -0.39 is 18.2 Å². The number of aromatic nitrogens is 3. The fourth-order valence-corrected chi connectivity index (χ4v) is 7.56. The number of likely N-dealkylation sites (tertiary alicyclic amines) is 1. The predicted octanol–water partition coefficient (Wildman–Crippen LogP) is 5.27. The maximum atomic E-state index is 13.0. The number of halogens is 3. The van der Waals surface area contributed by atoms with Gasteiger partial charge in [0, 0.05) is 47.9 Å². The molecule has 9 nitrogen and oxygen atoms in total. The molecule has 12 heteroatoms. The summed E-state index contributed by atoms with van der Waals surface area (Å²) in [5.41, 5.74) is 4.07. The van der Waals surface area contributed by atoms with Gasteiger partial charge >= 0.3 is 6.18 Å². The number of alkyl halides is 3. The van der Waals surface area contributed by atoms with Crippen molar-refractivity contribution in [3.8, 4) is 6.07 Å². The Morgan fingerprint density at radius 1 is 1.09 bits per heavy atom. The highest BCUT2D eigenvalue weighted by atomic mass is 19.4. The van der Waals surface area contributed by atoms with Crippen LogP contribution in [0.4, 0.5) is 19.0 Å². The molecule has 2 aromatic carbocycles. The number of morpholine rings is 1. The second-order valence-corrected chi connectivity index (χ2v) is 14.0. The van der Waals surface area contributed by atoms with Crippen molar-refractivity contribution in [2.75, 3.05) is 37.6 Å². The number of carbonyl (C=O) groups excluding carboxylic acids is 1. The Labute approximate surface area is 271 Å². The van der Waals surface area contributed by atoms with E-state index in [1.807, 2.05) is 10.6 Å². The van der Waals surface area contributed by atoms with Gasteiger partial charge in [-0.25, -0.2) is 9.97 Å². The SMILES string of the molecule is Cc1c(CN2CCC3(CC2)CN(c2ncnc4ccc(CC(F)(F)F)cc24)C3)ccc2c1cc(C#N)n2CC1CNC(=O)C(C)(C)O1. The molecule has 1 amide bonds. The summed E-state index contributed by atoms with van der Waals surface area (Å²) in [6.07, 6.45) is -1.91. The van der Waals surface area contributed by atoms with Gasteiger partial charge in [-0.1, -0.05) is 12.1 Å². The summed E-state index contributed by atoms with van der Waals surface area (Å²) in [6.45, 7) is 10.9. The lowest BCUT2D eigenvalue weighted by atomic mass is 9.72. The average Bonchev–Trinajstić information content (AvgIpc) is 3.36. The number of ether oxygens (including phenoxy) is 1. The predicted molar refractivity (Wildman–Crippen MR) is 172 cm³/mol. The van der Waals surface area contributed by atoms with Crippen LogP contribution in [0.25, 0.3) is 21.8 Å². The lowest BCUT2D eigenvalue weighted by Gasteiger charge is -2.54. The van der Waals surface area contributed by atoms with E-state index in [1.165, 1.54) is 18.0 Å². The molecule has 3 aliphatic heterocycles. The van der Waals surface area contributed by atoms with Gasteiger partial charge in [0.05, 0.1) is 24.6 Å². The van der Waals surface area contributed by atoms with Gasteiger partial charge in [-0.05, 0) is 87.7 Å². The van der Waals surface area contributed by atoms with Crippen molar-refractivity contribution in [3.63, 3.8) is 0 Å². The molecule has 4 aromatic rings. The average molecular weight is 646 g/mol. The van der Waals surface area contributed by atoms with Crippen LogP contribution in [0.15, 0.2) is 42.7 Å². The third-order valence-electron chi connectivity index (χ3n) is 10.2. The van der Waals surface area contributed by atoms with E-state index in [0.717, 1.165) is 62.0 Å². The van der Waals surface area contributed by atoms with E-state index in [2.05, 4.69) is 50.2 Å². The maximum absolute atomic E-state index is 13.0. The molecule has 0 radical (unpaired) electrons. The zero-order chi connectivity index (χ0) is 33.1. The fraction of sp³-hybridized carbons (Fsp3) is 0.486. The molecule has 1 unspecified atom stereocenters. The molecule has 47 heavy (non-hydrogen) atoms. The lowest BCUT2D eigenvalue weighted by Crippen LogP contribution is -2.60. The number of hydrogen-bond acceptors (Lipinski definition) is 7. The third kappa shape index (κ3) is 6.03. The minimum absolute atomic E-state index is 0.133. The van der Waals surface area contributed by atoms with E-state index >= 15 is 0 Å². The highest BCUT2D eigenvalue weighted by molar-refractivity contribution is 5.90. The molecule has 1 N–H and O–H groups in total. The molecule has 5 heterocycles. The molecule has 7 rings (SSSR count). The number of aryl methyl sites for hydroxylation is 1. The van der Waals surface area contributed by atoms with Crippen molar-refractivity contribution in [1.82, 2.24) is 24.8 Å². The molecule has 3 fully saturated rings. The van der Waals surface area contributed by atoms with Gasteiger partial charge in [0.15, 0.2) is 0 Å². The van der Waals surface area contributed by atoms with E-state index in [1.54, 1.807) is 26.0 Å². The number of nitrogens with zero attached hydrogens (tertiary/aromatic N) is 6. The third-order valence-corrected chi connectivity index (χ3v) is 10.2. The van der Waals surface area contributed by atoms with Gasteiger partial charge in [-0.3, -0.25) is 9.69 Å². The molecule has 3 saturated heterocycles. The second kappa shape index (κ2) is 11.5. The van der Waals surface area contributed by atoms with Crippen LogP contribution in [-0.2, 0) is 29.0 Å². The van der Waals surface area contributed by atoms with Crippen LogP contribution >= 0.6 is 0 Å². The Kier molecular flexibility index (Phi) is 7.67. The quantitative estimate of drug-likeness (QED) is 0.305. The number of nitrogens with one attached hydrogen (secondary N) is 1. The Bertz CT molecular complexity index is 1900. The second-order valence-electron chi connectivity index (χ2n) is 14.0. The summed E-state index contributed by atoms with van der Waals surface area (Å²) in [5.74, 6) is 0.578. The summed E-state index contributed by atoms with van der Waals surface area (Å²) in [6, 6.07) is 13.3. The molecule has 3 aliphatic rings. The molecule has 0 bridgehead atoms. The highest BCUT2D eigenvalue weighted by Crippen LogP contribution is 2.44. The van der Waals surface area contributed by atoms with E-state index in [-0.39, 0.29) is 23.0 Å². The van der Waals surface area contributed by atoms with Gasteiger partial charge in [0.25, 0.3) is 5.91 Å². The number of amides is 1. The molecular weight excluding hydrogens is 607 g/mol. The van der Waals surface area contributed by atoms with E-state index in [9.17, 15) is 23.2 Å². The number of rotatable bonds is 6. The fourth-order valence-electron chi connectivity index (χ4n) is 7.56. The van der Waals surface area contributed by atoms with Crippen molar-refractivity contribution in [1.29, 1.82) is 5.26 Å². The van der Waals surface area contributed by atoms with Gasteiger partial charge in [0.2, 0.25) is 0 Å². The number of nitriles is 1. The van der Waals surface area contributed by atoms with Crippen molar-refractivity contribution >= 4 is 33.5 Å². The minimum Gasteiger partial charge on any atom is -0.359 e. The molecule has 2 aromatic heterocycles. The Hall–Kier alpha value is -4.21. The molecule has 246 valence electrons. The summed E-state index contributed by atoms with van der Waals surface area (Å²) in [5, 5.41) is 14.6. The summed E-state index contributed by atoms with van der Waals surface area (Å²) in [4.78, 5) is 25.6. The number of hydrogen-bond donors (Lipinski definition) is 1. The zero-order valence-electron chi connectivity index (χ0n) is 26.8. The van der Waals surface area contributed by atoms with Crippen LogP contribution in [0.1, 0.15) is 49.1 Å². The monoisotopic (exact) mass is 645 g/mol. The van der Waals surface area contributed by atoms with E-state index in [0.29, 0.717) is 35.5 Å². The van der Waals surface area contributed by atoms with Gasteiger partial charge in [-0.2, -0.15) is 18.4 Å². The number of piperidine rings is 1. The first-order valence-electron chi connectivity index (χ1n) is 16.1. The van der Waals surface area contributed by atoms with Crippen molar-refractivity contribution in [2.45, 2.75) is 71.0 Å². The van der Waals surface area contributed by atoms with Crippen LogP contribution in [0.2, 0.25) is 0 Å². The number of fused-ring (bicyclic) bond motifs is 2. The minimum atomic E-state index is -4.27. The van der Waals surface area contributed by atoms with Crippen LogP contribution in [0.3, 0.4) is 0 Å². The van der Waals surface area contributed by atoms with Crippen LogP contribution in [0, 0.1) is 23.7 Å². The Balaban J connectivity index is 1.00. The van der Waals surface area contributed by atoms with Crippen LogP contribution in [-0.4, -0.2) is 75.9 Å². The lowest BCUT2D eigenvalue weighted by molar-refractivity contribution is -0.160. The van der Waals surface area contributed by atoms with E-state index in [4.69, 9.17) is 4.74 Å². The highest BCUT2D eigenvalue weighted by Gasteiger charge is 2.46. The van der Waals surface area contributed by atoms with Crippen LogP contribution in [0.5, 0.6) is 0 Å². The summed E-state index contributed by atoms with van der Waals surface area (Å²) in [7, 11) is 0. The number of anilines is 1.